The van der Waals surface area contributed by atoms with Gasteiger partial charge in [0.1, 0.15) is 18.1 Å². The summed E-state index contributed by atoms with van der Waals surface area (Å²) in [6, 6.07) is 14.5. The third kappa shape index (κ3) is 2.97. The molecule has 2 fully saturated rings. The fourth-order valence-corrected chi connectivity index (χ4v) is 6.29. The number of ether oxygens (including phenoxy) is 1. The summed E-state index contributed by atoms with van der Waals surface area (Å²) in [6.07, 6.45) is 6.44. The van der Waals surface area contributed by atoms with Gasteiger partial charge in [-0.3, -0.25) is 4.79 Å². The van der Waals surface area contributed by atoms with Gasteiger partial charge >= 0.3 is 0 Å². The molecular weight excluding hydrogens is 368 g/mol. The first-order chi connectivity index (χ1) is 13.5. The fourth-order valence-electron chi connectivity index (χ4n) is 6.17. The van der Waals surface area contributed by atoms with E-state index in [1.54, 1.807) is 0 Å². The van der Waals surface area contributed by atoms with Crippen molar-refractivity contribution in [3.63, 3.8) is 0 Å². The van der Waals surface area contributed by atoms with Crippen LogP contribution in [-0.4, -0.2) is 5.78 Å². The van der Waals surface area contributed by atoms with E-state index < -0.39 is 0 Å². The fraction of sp³-hybridized carbons (Fsp3) is 0.480. The average molecular weight is 395 g/mol. The van der Waals surface area contributed by atoms with Gasteiger partial charge in [-0.15, -0.1) is 0 Å². The van der Waals surface area contributed by atoms with Gasteiger partial charge in [0.15, 0.2) is 0 Å². The second-order valence-corrected chi connectivity index (χ2v) is 9.55. The number of benzene rings is 2. The molecule has 0 N–H and O–H groups in total. The highest BCUT2D eigenvalue weighted by molar-refractivity contribution is 6.30. The zero-order valence-electron chi connectivity index (χ0n) is 16.4. The Morgan fingerprint density at radius 1 is 1.07 bits per heavy atom. The van der Waals surface area contributed by atoms with Crippen molar-refractivity contribution in [2.75, 3.05) is 0 Å². The Kier molecular flexibility index (Phi) is 4.50. The monoisotopic (exact) mass is 394 g/mol. The molecule has 0 spiro atoms. The number of aryl methyl sites for hydroxylation is 1. The van der Waals surface area contributed by atoms with E-state index in [-0.39, 0.29) is 5.41 Å². The molecule has 0 heterocycles. The Morgan fingerprint density at radius 2 is 1.89 bits per heavy atom. The van der Waals surface area contributed by atoms with Crippen LogP contribution in [0, 0.1) is 17.3 Å². The lowest BCUT2D eigenvalue weighted by Gasteiger charge is -2.48. The van der Waals surface area contributed by atoms with Crippen molar-refractivity contribution < 1.29 is 9.53 Å². The summed E-state index contributed by atoms with van der Waals surface area (Å²) in [5.74, 6) is 3.36. The Balaban J connectivity index is 1.33. The van der Waals surface area contributed by atoms with E-state index in [2.05, 4.69) is 25.1 Å². The zero-order valence-corrected chi connectivity index (χ0v) is 17.2. The summed E-state index contributed by atoms with van der Waals surface area (Å²) >= 11 is 5.95. The molecule has 0 saturated heterocycles. The Labute approximate surface area is 172 Å². The molecule has 0 bridgehead atoms. The molecule has 3 aliphatic carbocycles. The summed E-state index contributed by atoms with van der Waals surface area (Å²) in [7, 11) is 0. The maximum absolute atomic E-state index is 12.5. The van der Waals surface area contributed by atoms with Gasteiger partial charge in [0.05, 0.1) is 0 Å². The molecule has 2 aromatic carbocycles. The SMILES string of the molecule is C[C@]12CC[C@H]3c4ccc(OCc5ccc(Cl)cc5)cc4CC[C@H]3[C@@H]1CCC2=O. The number of ketones is 1. The van der Waals surface area contributed by atoms with Crippen LogP contribution in [0.1, 0.15) is 61.6 Å². The zero-order chi connectivity index (χ0) is 19.3. The average Bonchev–Trinajstić information content (AvgIpc) is 3.02. The Hall–Kier alpha value is -1.80. The lowest BCUT2D eigenvalue weighted by Crippen LogP contribution is -2.42. The molecule has 0 unspecified atom stereocenters. The summed E-state index contributed by atoms with van der Waals surface area (Å²) in [5, 5.41) is 0.750. The molecule has 5 rings (SSSR count). The van der Waals surface area contributed by atoms with Gasteiger partial charge in [-0.05, 0) is 90.8 Å². The van der Waals surface area contributed by atoms with E-state index in [0.29, 0.717) is 30.1 Å². The van der Waals surface area contributed by atoms with Gasteiger partial charge < -0.3 is 4.74 Å². The number of rotatable bonds is 3. The maximum atomic E-state index is 12.5. The molecule has 0 amide bonds. The van der Waals surface area contributed by atoms with E-state index >= 15 is 0 Å². The molecule has 2 nitrogen and oxygen atoms in total. The number of fused-ring (bicyclic) bond motifs is 5. The predicted molar refractivity (Wildman–Crippen MR) is 112 cm³/mol. The molecule has 3 aliphatic rings. The standard InChI is InChI=1S/C25H27ClO2/c1-25-13-12-21-20-9-7-19(28-15-16-2-5-18(26)6-3-16)14-17(20)4-8-22(21)23(25)10-11-24(25)27/h2-3,5-7,9,14,21-23H,4,8,10-13,15H2,1H3/t21-,22+,23-,25-/m0/s1. The molecule has 2 aromatic rings. The number of halogens is 1. The van der Waals surface area contributed by atoms with Gasteiger partial charge in [-0.1, -0.05) is 36.7 Å². The number of hydrogen-bond donors (Lipinski definition) is 0. The van der Waals surface area contributed by atoms with Gasteiger partial charge in [0, 0.05) is 16.9 Å². The number of carbonyl (C=O) groups is 1. The van der Waals surface area contributed by atoms with Gasteiger partial charge in [0.25, 0.3) is 0 Å². The van der Waals surface area contributed by atoms with Crippen molar-refractivity contribution in [1.82, 2.24) is 0 Å². The van der Waals surface area contributed by atoms with Gasteiger partial charge in [-0.2, -0.15) is 0 Å². The highest BCUT2D eigenvalue weighted by Crippen LogP contribution is 2.59. The quantitative estimate of drug-likeness (QED) is 0.606. The third-order valence-corrected chi connectivity index (χ3v) is 7.98. The third-order valence-electron chi connectivity index (χ3n) is 7.73. The lowest BCUT2D eigenvalue weighted by atomic mass is 9.55. The van der Waals surface area contributed by atoms with Crippen LogP contribution in [0.15, 0.2) is 42.5 Å². The molecular formula is C25H27ClO2. The molecule has 4 atom stereocenters. The minimum atomic E-state index is -0.0414. The largest absolute Gasteiger partial charge is 0.489 e. The van der Waals surface area contributed by atoms with Crippen molar-refractivity contribution >= 4 is 17.4 Å². The molecule has 0 aliphatic heterocycles. The van der Waals surface area contributed by atoms with Crippen LogP contribution in [-0.2, 0) is 17.8 Å². The first-order valence-corrected chi connectivity index (χ1v) is 11.0. The highest BCUT2D eigenvalue weighted by atomic mass is 35.5. The van der Waals surface area contributed by atoms with E-state index in [1.807, 2.05) is 24.3 Å². The molecule has 28 heavy (non-hydrogen) atoms. The van der Waals surface area contributed by atoms with Crippen LogP contribution in [0.2, 0.25) is 5.02 Å². The number of Topliss-reactive ketones (excluding diaryl/α,β-unsaturated/α-hetero) is 1. The van der Waals surface area contributed by atoms with Crippen LogP contribution < -0.4 is 4.74 Å². The summed E-state index contributed by atoms with van der Waals surface area (Å²) in [6.45, 7) is 2.80. The van der Waals surface area contributed by atoms with E-state index in [0.717, 1.165) is 48.4 Å². The van der Waals surface area contributed by atoms with Crippen molar-refractivity contribution in [3.05, 3.63) is 64.2 Å². The van der Waals surface area contributed by atoms with Crippen molar-refractivity contribution in [3.8, 4) is 5.75 Å². The van der Waals surface area contributed by atoms with Crippen molar-refractivity contribution in [1.29, 1.82) is 0 Å². The first-order valence-electron chi connectivity index (χ1n) is 10.6. The van der Waals surface area contributed by atoms with Crippen LogP contribution in [0.5, 0.6) is 5.75 Å². The second-order valence-electron chi connectivity index (χ2n) is 9.11. The normalized spacial score (nSPS) is 31.1. The maximum Gasteiger partial charge on any atom is 0.139 e. The predicted octanol–water partition coefficient (Wildman–Crippen LogP) is 6.34. The molecule has 146 valence electrons. The summed E-state index contributed by atoms with van der Waals surface area (Å²) in [4.78, 5) is 12.5. The second kappa shape index (κ2) is 6.91. The van der Waals surface area contributed by atoms with Crippen molar-refractivity contribution in [2.24, 2.45) is 17.3 Å². The van der Waals surface area contributed by atoms with E-state index in [9.17, 15) is 4.79 Å². The number of hydrogen-bond acceptors (Lipinski definition) is 2. The number of carbonyl (C=O) groups excluding carboxylic acids is 1. The smallest absolute Gasteiger partial charge is 0.139 e. The highest BCUT2D eigenvalue weighted by Gasteiger charge is 2.54. The first kappa shape index (κ1) is 18.2. The topological polar surface area (TPSA) is 26.3 Å². The Morgan fingerprint density at radius 3 is 2.71 bits per heavy atom. The van der Waals surface area contributed by atoms with Crippen LogP contribution in [0.25, 0.3) is 0 Å². The van der Waals surface area contributed by atoms with Gasteiger partial charge in [-0.25, -0.2) is 0 Å². The lowest BCUT2D eigenvalue weighted by molar-refractivity contribution is -0.129. The van der Waals surface area contributed by atoms with Gasteiger partial charge in [0.2, 0.25) is 0 Å². The molecule has 3 heteroatoms. The van der Waals surface area contributed by atoms with Crippen LogP contribution in [0.4, 0.5) is 0 Å². The van der Waals surface area contributed by atoms with Crippen LogP contribution >= 0.6 is 11.6 Å². The molecule has 0 radical (unpaired) electrons. The molecule has 0 aromatic heterocycles. The van der Waals surface area contributed by atoms with Crippen molar-refractivity contribution in [2.45, 2.75) is 58.0 Å². The Bertz CT molecular complexity index is 903. The summed E-state index contributed by atoms with van der Waals surface area (Å²) < 4.78 is 6.05. The van der Waals surface area contributed by atoms with E-state index in [1.165, 1.54) is 17.5 Å². The minimum Gasteiger partial charge on any atom is -0.489 e. The molecule has 2 saturated carbocycles. The minimum absolute atomic E-state index is 0.0414. The van der Waals surface area contributed by atoms with E-state index in [4.69, 9.17) is 16.3 Å². The summed E-state index contributed by atoms with van der Waals surface area (Å²) in [5.41, 5.74) is 4.04. The van der Waals surface area contributed by atoms with Crippen LogP contribution in [0.3, 0.4) is 0 Å².